The van der Waals surface area contributed by atoms with Crippen LogP contribution in [0.3, 0.4) is 0 Å². The minimum absolute atomic E-state index is 0.0326. The maximum Gasteiger partial charge on any atom is 0.337 e. The Bertz CT molecular complexity index is 577. The molecule has 7 heteroatoms. The smallest absolute Gasteiger partial charge is 0.337 e. The highest BCUT2D eigenvalue weighted by atomic mass is 16.5. The number of carboxylic acids is 3. The predicted molar refractivity (Wildman–Crippen MR) is 129 cm³/mol. The van der Waals surface area contributed by atoms with Gasteiger partial charge in [0.25, 0.3) is 0 Å². The zero-order chi connectivity index (χ0) is 25.3. The summed E-state index contributed by atoms with van der Waals surface area (Å²) < 4.78 is 5.96. The lowest BCUT2D eigenvalue weighted by atomic mass is 9.57. The summed E-state index contributed by atoms with van der Waals surface area (Å²) in [5.74, 6) is -4.55. The van der Waals surface area contributed by atoms with Gasteiger partial charge in [0, 0.05) is 6.61 Å². The summed E-state index contributed by atoms with van der Waals surface area (Å²) in [6.45, 7) is 8.09. The second kappa shape index (κ2) is 16.9. The zero-order valence-corrected chi connectivity index (χ0v) is 21.4. The molecule has 0 bridgehead atoms. The van der Waals surface area contributed by atoms with E-state index in [4.69, 9.17) is 4.74 Å². The number of hydrogen-bond acceptors (Lipinski definition) is 4. The van der Waals surface area contributed by atoms with Crippen LogP contribution < -0.4 is 0 Å². The molecule has 0 spiro atoms. The molecule has 0 saturated heterocycles. The number of unbranched alkanes of at least 4 members (excludes halogenated alkanes) is 7. The van der Waals surface area contributed by atoms with Crippen molar-refractivity contribution in [2.75, 3.05) is 6.61 Å². The molecule has 3 N–H and O–H groups in total. The number of rotatable bonds is 22. The third-order valence-electron chi connectivity index (χ3n) is 6.86. The van der Waals surface area contributed by atoms with Crippen molar-refractivity contribution in [3.63, 3.8) is 0 Å². The van der Waals surface area contributed by atoms with Crippen LogP contribution in [0.5, 0.6) is 0 Å². The van der Waals surface area contributed by atoms with Crippen molar-refractivity contribution in [1.82, 2.24) is 0 Å². The fourth-order valence-corrected chi connectivity index (χ4v) is 5.12. The van der Waals surface area contributed by atoms with Crippen LogP contribution in [0.2, 0.25) is 0 Å². The molecule has 0 aliphatic rings. The largest absolute Gasteiger partial charge is 0.481 e. The highest BCUT2D eigenvalue weighted by Gasteiger charge is 2.66. The van der Waals surface area contributed by atoms with Gasteiger partial charge >= 0.3 is 17.9 Å². The van der Waals surface area contributed by atoms with Gasteiger partial charge < -0.3 is 20.1 Å². The number of carboxylic acid groups (broad SMARTS) is 3. The molecule has 0 radical (unpaired) electrons. The monoisotopic (exact) mass is 472 g/mol. The SMILES string of the molecule is CCCCCCC(CCC)C(CCCCC)(C(=O)O)C(CC(=O)O)(OCCCCC)C(=O)O. The molecule has 0 aromatic carbocycles. The molecular formula is C26H48O7. The van der Waals surface area contributed by atoms with E-state index in [1.807, 2.05) is 20.8 Å². The lowest BCUT2D eigenvalue weighted by Crippen LogP contribution is -2.64. The van der Waals surface area contributed by atoms with Crippen molar-refractivity contribution in [3.8, 4) is 0 Å². The van der Waals surface area contributed by atoms with Crippen LogP contribution in [0.4, 0.5) is 0 Å². The molecule has 33 heavy (non-hydrogen) atoms. The first-order chi connectivity index (χ1) is 15.7. The minimum Gasteiger partial charge on any atom is -0.481 e. The van der Waals surface area contributed by atoms with E-state index in [2.05, 4.69) is 6.92 Å². The van der Waals surface area contributed by atoms with Gasteiger partial charge in [-0.2, -0.15) is 0 Å². The topological polar surface area (TPSA) is 121 Å². The van der Waals surface area contributed by atoms with E-state index in [0.717, 1.165) is 51.4 Å². The Kier molecular flexibility index (Phi) is 16.1. The van der Waals surface area contributed by atoms with Gasteiger partial charge in [-0.15, -0.1) is 0 Å². The summed E-state index contributed by atoms with van der Waals surface area (Å²) in [4.78, 5) is 37.9. The van der Waals surface area contributed by atoms with Crippen LogP contribution in [0, 0.1) is 11.3 Å². The Morgan fingerprint density at radius 1 is 0.697 bits per heavy atom. The summed E-state index contributed by atoms with van der Waals surface area (Å²) in [5.41, 5.74) is -4.11. The molecule has 0 aliphatic heterocycles. The average molecular weight is 473 g/mol. The van der Waals surface area contributed by atoms with Crippen molar-refractivity contribution in [2.24, 2.45) is 11.3 Å². The Hall–Kier alpha value is -1.63. The molecule has 0 aliphatic carbocycles. The average Bonchev–Trinajstić information content (AvgIpc) is 2.75. The fraction of sp³-hybridized carbons (Fsp3) is 0.885. The third kappa shape index (κ3) is 8.91. The van der Waals surface area contributed by atoms with Gasteiger partial charge in [0.1, 0.15) is 5.41 Å². The van der Waals surface area contributed by atoms with Crippen LogP contribution in [0.15, 0.2) is 0 Å². The van der Waals surface area contributed by atoms with Gasteiger partial charge in [-0.1, -0.05) is 91.9 Å². The predicted octanol–water partition coefficient (Wildman–Crippen LogP) is 6.53. The minimum atomic E-state index is -2.31. The van der Waals surface area contributed by atoms with Gasteiger partial charge in [0.2, 0.25) is 0 Å². The summed E-state index contributed by atoms with van der Waals surface area (Å²) in [6.07, 6.45) is 9.18. The molecule has 0 heterocycles. The molecule has 3 atom stereocenters. The van der Waals surface area contributed by atoms with Crippen molar-refractivity contribution < 1.29 is 34.4 Å². The first-order valence-electron chi connectivity index (χ1n) is 13.0. The van der Waals surface area contributed by atoms with Crippen LogP contribution in [0.25, 0.3) is 0 Å². The van der Waals surface area contributed by atoms with Crippen LogP contribution in [-0.2, 0) is 19.1 Å². The summed E-state index contributed by atoms with van der Waals surface area (Å²) in [5, 5.41) is 30.9. The van der Waals surface area contributed by atoms with E-state index in [-0.39, 0.29) is 13.0 Å². The van der Waals surface area contributed by atoms with Crippen molar-refractivity contribution in [1.29, 1.82) is 0 Å². The van der Waals surface area contributed by atoms with Gasteiger partial charge in [0.15, 0.2) is 5.60 Å². The molecule has 0 saturated carbocycles. The highest BCUT2D eigenvalue weighted by Crippen LogP contribution is 2.52. The standard InChI is InChI=1S/C26H48O7/c1-5-9-12-13-17-21(16-8-4)25(23(29)30,18-14-10-6-2)26(24(31)32,20-22(27)28)33-19-15-11-7-3/h21H,5-20H2,1-4H3,(H,27,28)(H,29,30)(H,31,32). The second-order valence-corrected chi connectivity index (χ2v) is 9.33. The van der Waals surface area contributed by atoms with Crippen LogP contribution >= 0.6 is 0 Å². The van der Waals surface area contributed by atoms with Crippen molar-refractivity contribution in [3.05, 3.63) is 0 Å². The maximum absolute atomic E-state index is 13.1. The lowest BCUT2D eigenvalue weighted by Gasteiger charge is -2.49. The normalized spacial score (nSPS) is 16.0. The Balaban J connectivity index is 6.69. The first kappa shape index (κ1) is 31.4. The van der Waals surface area contributed by atoms with E-state index < -0.39 is 41.3 Å². The maximum atomic E-state index is 13.1. The zero-order valence-electron chi connectivity index (χ0n) is 21.4. The van der Waals surface area contributed by atoms with E-state index in [9.17, 15) is 29.7 Å². The number of aliphatic carboxylic acids is 3. The van der Waals surface area contributed by atoms with Gasteiger partial charge in [0.05, 0.1) is 6.42 Å². The first-order valence-corrected chi connectivity index (χ1v) is 13.0. The van der Waals surface area contributed by atoms with E-state index in [0.29, 0.717) is 32.1 Å². The molecule has 0 aromatic rings. The van der Waals surface area contributed by atoms with Crippen molar-refractivity contribution in [2.45, 2.75) is 130 Å². The quantitative estimate of drug-likeness (QED) is 0.153. The number of ether oxygens (including phenoxy) is 1. The van der Waals surface area contributed by atoms with Crippen LogP contribution in [-0.4, -0.2) is 45.4 Å². The summed E-state index contributed by atoms with van der Waals surface area (Å²) in [7, 11) is 0. The number of carbonyl (C=O) groups is 3. The fourth-order valence-electron chi connectivity index (χ4n) is 5.12. The van der Waals surface area contributed by atoms with Crippen molar-refractivity contribution >= 4 is 17.9 Å². The molecule has 0 fully saturated rings. The van der Waals surface area contributed by atoms with E-state index >= 15 is 0 Å². The Labute approximate surface area is 200 Å². The lowest BCUT2D eigenvalue weighted by molar-refractivity contribution is -0.216. The van der Waals surface area contributed by atoms with Gasteiger partial charge in [-0.25, -0.2) is 4.79 Å². The van der Waals surface area contributed by atoms with Crippen LogP contribution in [0.1, 0.15) is 124 Å². The molecule has 3 unspecified atom stereocenters. The second-order valence-electron chi connectivity index (χ2n) is 9.33. The third-order valence-corrected chi connectivity index (χ3v) is 6.86. The van der Waals surface area contributed by atoms with Gasteiger partial charge in [-0.3, -0.25) is 9.59 Å². The van der Waals surface area contributed by atoms with Gasteiger partial charge in [-0.05, 0) is 31.6 Å². The van der Waals surface area contributed by atoms with E-state index in [1.165, 1.54) is 0 Å². The molecule has 7 nitrogen and oxygen atoms in total. The molecule has 194 valence electrons. The molecular weight excluding hydrogens is 424 g/mol. The highest BCUT2D eigenvalue weighted by molar-refractivity contribution is 5.92. The molecule has 0 rings (SSSR count). The molecule has 0 aromatic heterocycles. The summed E-state index contributed by atoms with van der Waals surface area (Å²) in [6, 6.07) is 0. The Morgan fingerprint density at radius 2 is 1.27 bits per heavy atom. The van der Waals surface area contributed by atoms with E-state index in [1.54, 1.807) is 0 Å². The number of hydrogen-bond donors (Lipinski definition) is 3. The Morgan fingerprint density at radius 3 is 1.76 bits per heavy atom. The molecule has 0 amide bonds. The summed E-state index contributed by atoms with van der Waals surface area (Å²) >= 11 is 0.